The van der Waals surface area contributed by atoms with Crippen LogP contribution in [0, 0.1) is 0 Å². The minimum absolute atomic E-state index is 0. The largest absolute Gasteiger partial charge is 0.169 e. The maximum Gasteiger partial charge on any atom is -0.0187 e. The van der Waals surface area contributed by atoms with Crippen LogP contribution >= 0.6 is 11.8 Å². The van der Waals surface area contributed by atoms with Gasteiger partial charge in [-0.15, -0.1) is 6.58 Å². The first kappa shape index (κ1) is 23.0. The van der Waals surface area contributed by atoms with E-state index in [1.54, 1.807) is 11.8 Å². The highest BCUT2D eigenvalue weighted by Crippen LogP contribution is 1.73. The van der Waals surface area contributed by atoms with Crippen molar-refractivity contribution < 1.29 is 0 Å². The molecule has 9 heavy (non-hydrogen) atoms. The molecule has 0 heterocycles. The zero-order valence-electron chi connectivity index (χ0n) is 5.62. The van der Waals surface area contributed by atoms with Crippen LogP contribution in [0.3, 0.4) is 0 Å². The predicted octanol–water partition coefficient (Wildman–Crippen LogP) is 3.83. The van der Waals surface area contributed by atoms with Crippen molar-refractivity contribution in [3.63, 3.8) is 0 Å². The molecule has 0 aliphatic heterocycles. The molecule has 0 amide bonds. The Labute approximate surface area is 65.7 Å². The maximum atomic E-state index is 3.56. The molecule has 0 aromatic heterocycles. The van der Waals surface area contributed by atoms with Crippen LogP contribution < -0.4 is 0 Å². The molecule has 0 unspecified atom stereocenters. The number of allylic oxidation sites excluding steroid dienone is 1. The SMILES string of the molecule is C.C.C=C(C)C.CSC. The van der Waals surface area contributed by atoms with Crippen molar-refractivity contribution in [2.75, 3.05) is 12.5 Å². The fraction of sp³-hybridized carbons (Fsp3) is 0.750. The smallest absolute Gasteiger partial charge is 0.0187 e. The monoisotopic (exact) mass is 150 g/mol. The number of hydrogen-bond donors (Lipinski definition) is 0. The van der Waals surface area contributed by atoms with Gasteiger partial charge in [0.05, 0.1) is 0 Å². The summed E-state index contributed by atoms with van der Waals surface area (Å²) in [6.45, 7) is 7.50. The average Bonchev–Trinajstić information content (AvgIpc) is 1.33. The molecule has 0 radical (unpaired) electrons. The van der Waals surface area contributed by atoms with Crippen LogP contribution in [0.5, 0.6) is 0 Å². The minimum atomic E-state index is 0. The van der Waals surface area contributed by atoms with Crippen molar-refractivity contribution in [3.8, 4) is 0 Å². The van der Waals surface area contributed by atoms with Crippen molar-refractivity contribution in [1.82, 2.24) is 0 Å². The molecular weight excluding hydrogens is 128 g/mol. The molecule has 0 atom stereocenters. The molecule has 0 aromatic rings. The Morgan fingerprint density at radius 3 is 1.11 bits per heavy atom. The van der Waals surface area contributed by atoms with E-state index in [0.717, 1.165) is 0 Å². The lowest BCUT2D eigenvalue weighted by molar-refractivity contribution is 1.42. The maximum absolute atomic E-state index is 3.56. The fourth-order valence-electron chi connectivity index (χ4n) is 0. The third-order valence-electron chi connectivity index (χ3n) is 0. The molecule has 0 bridgehead atoms. The lowest BCUT2D eigenvalue weighted by atomic mass is 10.4. The molecular formula is C8H22S. The average molecular weight is 150 g/mol. The number of rotatable bonds is 0. The second-order valence-electron chi connectivity index (χ2n) is 1.62. The Hall–Kier alpha value is 0.0900. The Bertz CT molecular complexity index is 35.8. The topological polar surface area (TPSA) is 0 Å². The Balaban J connectivity index is -0.0000000233. The first-order chi connectivity index (χ1) is 3.15. The van der Waals surface area contributed by atoms with Crippen LogP contribution in [0.15, 0.2) is 12.2 Å². The highest BCUT2D eigenvalue weighted by molar-refractivity contribution is 7.97. The highest BCUT2D eigenvalue weighted by atomic mass is 32.2. The molecule has 0 saturated carbocycles. The number of hydrogen-bond acceptors (Lipinski definition) is 1. The first-order valence-electron chi connectivity index (χ1n) is 2.17. The van der Waals surface area contributed by atoms with Crippen molar-refractivity contribution in [2.45, 2.75) is 28.7 Å². The van der Waals surface area contributed by atoms with Crippen molar-refractivity contribution >= 4 is 11.8 Å². The Kier molecular flexibility index (Phi) is 62.0. The van der Waals surface area contributed by atoms with Gasteiger partial charge < -0.3 is 0 Å². The van der Waals surface area contributed by atoms with Gasteiger partial charge in [-0.25, -0.2) is 0 Å². The lowest BCUT2D eigenvalue weighted by Gasteiger charge is -1.65. The van der Waals surface area contributed by atoms with Crippen LogP contribution in [0.2, 0.25) is 0 Å². The van der Waals surface area contributed by atoms with E-state index in [2.05, 4.69) is 6.58 Å². The zero-order chi connectivity index (χ0) is 6.28. The molecule has 0 saturated heterocycles. The summed E-state index contributed by atoms with van der Waals surface area (Å²) in [5, 5.41) is 0. The third kappa shape index (κ3) is 37000. The van der Waals surface area contributed by atoms with Gasteiger partial charge in [-0.3, -0.25) is 0 Å². The van der Waals surface area contributed by atoms with Crippen LogP contribution in [0.25, 0.3) is 0 Å². The minimum Gasteiger partial charge on any atom is -0.169 e. The first-order valence-corrected chi connectivity index (χ1v) is 3.80. The van der Waals surface area contributed by atoms with E-state index in [9.17, 15) is 0 Å². The van der Waals surface area contributed by atoms with Crippen LogP contribution in [-0.2, 0) is 0 Å². The molecule has 0 fully saturated rings. The second kappa shape index (κ2) is 24.3. The quantitative estimate of drug-likeness (QED) is 0.473. The van der Waals surface area contributed by atoms with Gasteiger partial charge in [0.15, 0.2) is 0 Å². The van der Waals surface area contributed by atoms with Gasteiger partial charge in [-0.2, -0.15) is 11.8 Å². The third-order valence-corrected chi connectivity index (χ3v) is 0. The molecule has 0 nitrogen and oxygen atoms in total. The van der Waals surface area contributed by atoms with E-state index < -0.39 is 0 Å². The summed E-state index contributed by atoms with van der Waals surface area (Å²) in [6.07, 6.45) is 4.08. The van der Waals surface area contributed by atoms with Gasteiger partial charge in [0, 0.05) is 0 Å². The Morgan fingerprint density at radius 1 is 1.11 bits per heavy atom. The van der Waals surface area contributed by atoms with E-state index in [1.165, 1.54) is 5.57 Å². The summed E-state index contributed by atoms with van der Waals surface area (Å²) in [6, 6.07) is 0. The molecule has 0 spiro atoms. The van der Waals surface area contributed by atoms with Gasteiger partial charge in [-0.1, -0.05) is 20.4 Å². The zero-order valence-corrected chi connectivity index (χ0v) is 6.43. The summed E-state index contributed by atoms with van der Waals surface area (Å²) < 4.78 is 0. The van der Waals surface area contributed by atoms with Gasteiger partial charge >= 0.3 is 0 Å². The summed E-state index contributed by atoms with van der Waals surface area (Å²) in [4.78, 5) is 0. The van der Waals surface area contributed by atoms with E-state index >= 15 is 0 Å². The molecule has 1 heteroatoms. The van der Waals surface area contributed by atoms with Crippen LogP contribution in [-0.4, -0.2) is 12.5 Å². The summed E-state index contributed by atoms with van der Waals surface area (Å²) >= 11 is 1.75. The second-order valence-corrected chi connectivity index (χ2v) is 2.43. The molecule has 0 N–H and O–H groups in total. The summed E-state index contributed by atoms with van der Waals surface area (Å²) in [5.74, 6) is 0. The van der Waals surface area contributed by atoms with Crippen molar-refractivity contribution in [1.29, 1.82) is 0 Å². The highest BCUT2D eigenvalue weighted by Gasteiger charge is 1.51. The van der Waals surface area contributed by atoms with Crippen molar-refractivity contribution in [2.24, 2.45) is 0 Å². The summed E-state index contributed by atoms with van der Waals surface area (Å²) in [7, 11) is 0. The van der Waals surface area contributed by atoms with Gasteiger partial charge in [0.2, 0.25) is 0 Å². The van der Waals surface area contributed by atoms with E-state index in [-0.39, 0.29) is 14.9 Å². The van der Waals surface area contributed by atoms with Crippen LogP contribution in [0.1, 0.15) is 28.7 Å². The van der Waals surface area contributed by atoms with Crippen molar-refractivity contribution in [3.05, 3.63) is 12.2 Å². The van der Waals surface area contributed by atoms with E-state index in [4.69, 9.17) is 0 Å². The predicted molar refractivity (Wildman–Crippen MR) is 53.4 cm³/mol. The summed E-state index contributed by atoms with van der Waals surface area (Å²) in [5.41, 5.74) is 1.17. The van der Waals surface area contributed by atoms with Crippen LogP contribution in [0.4, 0.5) is 0 Å². The van der Waals surface area contributed by atoms with E-state index in [1.807, 2.05) is 26.4 Å². The van der Waals surface area contributed by atoms with Gasteiger partial charge in [-0.05, 0) is 26.4 Å². The molecule has 0 aliphatic rings. The lowest BCUT2D eigenvalue weighted by Crippen LogP contribution is -1.43. The molecule has 0 aromatic carbocycles. The van der Waals surface area contributed by atoms with Gasteiger partial charge in [0.25, 0.3) is 0 Å². The molecule has 60 valence electrons. The van der Waals surface area contributed by atoms with E-state index in [0.29, 0.717) is 0 Å². The standard InChI is InChI=1S/C4H8.C2H6S.2CH4/c1-4(2)3;1-3-2;;/h1H2,2-3H3;1-2H3;2*1H4. The Morgan fingerprint density at radius 2 is 1.11 bits per heavy atom. The molecule has 0 aliphatic carbocycles. The van der Waals surface area contributed by atoms with Gasteiger partial charge in [0.1, 0.15) is 0 Å². The number of thioether (sulfide) groups is 1. The fourth-order valence-corrected chi connectivity index (χ4v) is 0. The normalized spacial score (nSPS) is 4.89. The molecule has 0 rings (SSSR count).